The van der Waals surface area contributed by atoms with E-state index in [-0.39, 0.29) is 0 Å². The average Bonchev–Trinajstić information content (AvgIpc) is 2.14. The molecule has 7 heteroatoms. The number of aromatic hydroxyl groups is 1. The number of carbonyl (C=O) groups is 2. The summed E-state index contributed by atoms with van der Waals surface area (Å²) < 4.78 is 22.6. The molecule has 0 aromatic heterocycles. The molecule has 6 nitrogen and oxygen atoms in total. The third kappa shape index (κ3) is 2.19. The maximum atomic E-state index is 11.3. The molecule has 16 heavy (non-hydrogen) atoms. The van der Waals surface area contributed by atoms with Gasteiger partial charge >= 0.3 is 5.97 Å². The van der Waals surface area contributed by atoms with E-state index in [1.54, 1.807) is 0 Å². The molecule has 0 spiro atoms. The van der Waals surface area contributed by atoms with Crippen LogP contribution in [0.25, 0.3) is 0 Å². The van der Waals surface area contributed by atoms with Crippen LogP contribution in [0.2, 0.25) is 0 Å². The second-order valence-corrected chi connectivity index (χ2v) is 5.04. The van der Waals surface area contributed by atoms with Crippen LogP contribution in [0.5, 0.6) is 5.75 Å². The summed E-state index contributed by atoms with van der Waals surface area (Å²) in [6, 6.07) is 3.32. The Morgan fingerprint density at radius 1 is 1.25 bits per heavy atom. The van der Waals surface area contributed by atoms with Gasteiger partial charge in [-0.15, -0.1) is 0 Å². The smallest absolute Gasteiger partial charge is 0.377 e. The molecule has 0 radical (unpaired) electrons. The number of carbonyl (C=O) groups excluding carboxylic acids is 1. The Labute approximate surface area is 91.1 Å². The number of rotatable bonds is 3. The van der Waals surface area contributed by atoms with Crippen LogP contribution >= 0.6 is 0 Å². The van der Waals surface area contributed by atoms with Gasteiger partial charge in [-0.05, 0) is 12.1 Å². The minimum Gasteiger partial charge on any atom is -0.507 e. The molecule has 0 fully saturated rings. The van der Waals surface area contributed by atoms with Gasteiger partial charge in [0, 0.05) is 6.26 Å². The lowest BCUT2D eigenvalue weighted by atomic mass is 10.1. The Morgan fingerprint density at radius 3 is 2.25 bits per heavy atom. The zero-order valence-electron chi connectivity index (χ0n) is 8.17. The minimum absolute atomic E-state index is 0.500. The van der Waals surface area contributed by atoms with Gasteiger partial charge < -0.3 is 10.2 Å². The third-order valence-corrected chi connectivity index (χ3v) is 2.96. The Balaban J connectivity index is 3.60. The number of ketones is 1. The molecule has 0 saturated heterocycles. The van der Waals surface area contributed by atoms with Crippen molar-refractivity contribution in [3.63, 3.8) is 0 Å². The number of aliphatic carboxylic acids is 1. The molecule has 0 amide bonds. The van der Waals surface area contributed by atoms with Gasteiger partial charge in [0.2, 0.25) is 0 Å². The van der Waals surface area contributed by atoms with Crippen LogP contribution in [0.3, 0.4) is 0 Å². The fourth-order valence-electron chi connectivity index (χ4n) is 1.16. The van der Waals surface area contributed by atoms with Gasteiger partial charge in [0.1, 0.15) is 5.75 Å². The van der Waals surface area contributed by atoms with Crippen molar-refractivity contribution >= 4 is 21.6 Å². The van der Waals surface area contributed by atoms with E-state index in [1.165, 1.54) is 6.07 Å². The highest BCUT2D eigenvalue weighted by Gasteiger charge is 2.26. The normalized spacial score (nSPS) is 11.1. The Kier molecular flexibility index (Phi) is 2.99. The lowest BCUT2D eigenvalue weighted by Crippen LogP contribution is -2.16. The van der Waals surface area contributed by atoms with Crippen molar-refractivity contribution in [1.82, 2.24) is 0 Å². The molecule has 0 aliphatic rings. The zero-order chi connectivity index (χ0) is 12.5. The number of phenols is 1. The first-order valence-electron chi connectivity index (χ1n) is 4.05. The monoisotopic (exact) mass is 244 g/mol. The molecule has 1 aromatic rings. The quantitative estimate of drug-likeness (QED) is 0.575. The molecule has 86 valence electrons. The summed E-state index contributed by atoms with van der Waals surface area (Å²) in [6.07, 6.45) is 0.820. The van der Waals surface area contributed by atoms with Gasteiger partial charge in [-0.1, -0.05) is 6.07 Å². The molecular formula is C9H8O6S. The standard InChI is InChI=1S/C9H8O6S/c1-16(14,15)6-4-2-3-5(10)7(6)8(11)9(12)13/h2-4,10H,1H3,(H,12,13). The number of Topliss-reactive ketones (excluding diaryl/α,β-unsaturated/α-hetero) is 1. The fraction of sp³-hybridized carbons (Fsp3) is 0.111. The Bertz CT molecular complexity index is 557. The molecule has 1 rings (SSSR count). The number of sulfone groups is 1. The SMILES string of the molecule is CS(=O)(=O)c1cccc(O)c1C(=O)C(=O)O. The maximum absolute atomic E-state index is 11.3. The van der Waals surface area contributed by atoms with Crippen LogP contribution in [0.1, 0.15) is 10.4 Å². The molecule has 0 aliphatic carbocycles. The summed E-state index contributed by atoms with van der Waals surface area (Å²) in [5, 5.41) is 17.8. The highest BCUT2D eigenvalue weighted by Crippen LogP contribution is 2.25. The fourth-order valence-corrected chi connectivity index (χ4v) is 2.06. The number of carboxylic acids is 1. The molecule has 0 saturated carbocycles. The first-order valence-corrected chi connectivity index (χ1v) is 5.94. The predicted molar refractivity (Wildman–Crippen MR) is 53.2 cm³/mol. The van der Waals surface area contributed by atoms with E-state index in [4.69, 9.17) is 5.11 Å². The molecule has 2 N–H and O–H groups in total. The van der Waals surface area contributed by atoms with Gasteiger partial charge in [-0.2, -0.15) is 0 Å². The lowest BCUT2D eigenvalue weighted by Gasteiger charge is -2.06. The second-order valence-electron chi connectivity index (χ2n) is 3.06. The summed E-state index contributed by atoms with van der Waals surface area (Å²) in [5.41, 5.74) is -0.711. The molecule has 0 heterocycles. The molecule has 0 atom stereocenters. The summed E-state index contributed by atoms with van der Waals surface area (Å²) >= 11 is 0. The van der Waals surface area contributed by atoms with E-state index in [1.807, 2.05) is 0 Å². The highest BCUT2D eigenvalue weighted by molar-refractivity contribution is 7.90. The molecule has 0 aliphatic heterocycles. The van der Waals surface area contributed by atoms with Crippen molar-refractivity contribution in [3.8, 4) is 5.75 Å². The van der Waals surface area contributed by atoms with E-state index in [0.717, 1.165) is 18.4 Å². The van der Waals surface area contributed by atoms with Crippen molar-refractivity contribution < 1.29 is 28.2 Å². The van der Waals surface area contributed by atoms with E-state index in [0.29, 0.717) is 0 Å². The van der Waals surface area contributed by atoms with Gasteiger partial charge in [0.25, 0.3) is 5.78 Å². The maximum Gasteiger partial charge on any atom is 0.377 e. The minimum atomic E-state index is -3.78. The lowest BCUT2D eigenvalue weighted by molar-refractivity contribution is -0.131. The third-order valence-electron chi connectivity index (χ3n) is 1.83. The summed E-state index contributed by atoms with van der Waals surface area (Å²) in [6.45, 7) is 0. The van der Waals surface area contributed by atoms with E-state index in [2.05, 4.69) is 0 Å². The van der Waals surface area contributed by atoms with Gasteiger partial charge in [0.05, 0.1) is 10.5 Å². The molecule has 0 unspecified atom stereocenters. The summed E-state index contributed by atoms with van der Waals surface area (Å²) in [5.74, 6) is -3.96. The van der Waals surface area contributed by atoms with Crippen LogP contribution in [0.4, 0.5) is 0 Å². The molecular weight excluding hydrogens is 236 g/mol. The van der Waals surface area contributed by atoms with Crippen molar-refractivity contribution in [3.05, 3.63) is 23.8 Å². The van der Waals surface area contributed by atoms with Gasteiger partial charge in [-0.3, -0.25) is 4.79 Å². The number of phenolic OH excluding ortho intramolecular Hbond substituents is 1. The number of hydrogen-bond acceptors (Lipinski definition) is 5. The van der Waals surface area contributed by atoms with Crippen LogP contribution in [0.15, 0.2) is 23.1 Å². The summed E-state index contributed by atoms with van der Waals surface area (Å²) in [7, 11) is -3.78. The Hall–Kier alpha value is -1.89. The predicted octanol–water partition coefficient (Wildman–Crippen LogP) is 0.0630. The van der Waals surface area contributed by atoms with Crippen molar-refractivity contribution in [2.45, 2.75) is 4.90 Å². The zero-order valence-corrected chi connectivity index (χ0v) is 8.98. The van der Waals surface area contributed by atoms with Crippen molar-refractivity contribution in [1.29, 1.82) is 0 Å². The van der Waals surface area contributed by atoms with Crippen LogP contribution in [-0.4, -0.2) is 36.6 Å². The second kappa shape index (κ2) is 3.93. The molecule has 0 bridgehead atoms. The van der Waals surface area contributed by atoms with Gasteiger partial charge in [0.15, 0.2) is 9.84 Å². The van der Waals surface area contributed by atoms with Gasteiger partial charge in [-0.25, -0.2) is 13.2 Å². The largest absolute Gasteiger partial charge is 0.507 e. The highest BCUT2D eigenvalue weighted by atomic mass is 32.2. The van der Waals surface area contributed by atoms with Crippen LogP contribution in [0, 0.1) is 0 Å². The topological polar surface area (TPSA) is 109 Å². The average molecular weight is 244 g/mol. The first-order chi connectivity index (χ1) is 7.25. The number of carboxylic acid groups (broad SMARTS) is 1. The number of hydrogen-bond donors (Lipinski definition) is 2. The van der Waals surface area contributed by atoms with Crippen molar-refractivity contribution in [2.75, 3.05) is 6.26 Å². The van der Waals surface area contributed by atoms with E-state index >= 15 is 0 Å². The molecule has 1 aromatic carbocycles. The van der Waals surface area contributed by atoms with Crippen LogP contribution < -0.4 is 0 Å². The van der Waals surface area contributed by atoms with Crippen molar-refractivity contribution in [2.24, 2.45) is 0 Å². The number of benzene rings is 1. The van der Waals surface area contributed by atoms with Crippen LogP contribution in [-0.2, 0) is 14.6 Å². The van der Waals surface area contributed by atoms with E-state index in [9.17, 15) is 23.1 Å². The first kappa shape index (κ1) is 12.2. The summed E-state index contributed by atoms with van der Waals surface area (Å²) in [4.78, 5) is 21.2. The van der Waals surface area contributed by atoms with E-state index < -0.39 is 37.8 Å². The Morgan fingerprint density at radius 2 is 1.81 bits per heavy atom.